The highest BCUT2D eigenvalue weighted by Crippen LogP contribution is 2.19. The fourth-order valence-corrected chi connectivity index (χ4v) is 1.79. The second kappa shape index (κ2) is 7.31. The van der Waals surface area contributed by atoms with Gasteiger partial charge in [-0.15, -0.1) is 0 Å². The lowest BCUT2D eigenvalue weighted by Crippen LogP contribution is -2.28. The van der Waals surface area contributed by atoms with Crippen LogP contribution in [0.3, 0.4) is 0 Å². The van der Waals surface area contributed by atoms with Gasteiger partial charge >= 0.3 is 5.97 Å². The molecule has 5 nitrogen and oxygen atoms in total. The molecule has 104 valence electrons. The van der Waals surface area contributed by atoms with Gasteiger partial charge in [-0.3, -0.25) is 9.59 Å². The van der Waals surface area contributed by atoms with Crippen LogP contribution in [0.1, 0.15) is 23.2 Å². The molecule has 1 aromatic rings. The summed E-state index contributed by atoms with van der Waals surface area (Å²) in [6.07, 6.45) is 2.11. The van der Waals surface area contributed by atoms with Crippen LogP contribution in [0.25, 0.3) is 0 Å². The number of ether oxygens (including phenoxy) is 1. The van der Waals surface area contributed by atoms with Gasteiger partial charge in [-0.25, -0.2) is 4.98 Å². The highest BCUT2D eigenvalue weighted by atomic mass is 35.5. The number of methoxy groups -OCH3 is 1. The number of amides is 1. The van der Waals surface area contributed by atoms with Crippen molar-refractivity contribution < 1.29 is 14.3 Å². The number of carbonyl (C=O) groups is 2. The average molecular weight is 305 g/mol. The first-order valence-electron chi connectivity index (χ1n) is 5.59. The van der Waals surface area contributed by atoms with Gasteiger partial charge < -0.3 is 9.64 Å². The van der Waals surface area contributed by atoms with Gasteiger partial charge in [0.25, 0.3) is 5.91 Å². The molecule has 0 aliphatic carbocycles. The van der Waals surface area contributed by atoms with Crippen LogP contribution in [0.15, 0.2) is 12.3 Å². The summed E-state index contributed by atoms with van der Waals surface area (Å²) in [6.45, 7) is 0.421. The number of esters is 1. The molecule has 0 N–H and O–H groups in total. The van der Waals surface area contributed by atoms with E-state index in [1.165, 1.54) is 24.3 Å². The summed E-state index contributed by atoms with van der Waals surface area (Å²) in [5.41, 5.74) is 0.294. The Morgan fingerprint density at radius 2 is 2.11 bits per heavy atom. The zero-order chi connectivity index (χ0) is 14.4. The first kappa shape index (κ1) is 15.7. The van der Waals surface area contributed by atoms with Crippen LogP contribution in [0.4, 0.5) is 0 Å². The predicted octanol–water partition coefficient (Wildman–Crippen LogP) is 2.41. The standard InChI is InChI=1S/C12H14Cl2N2O3/c1-16(5-3-4-11(17)19-2)12(18)8-6-10(14)15-7-9(8)13/h6-7H,3-5H2,1-2H3. The molecule has 0 saturated heterocycles. The van der Waals surface area contributed by atoms with Crippen molar-refractivity contribution in [1.29, 1.82) is 0 Å². The minimum atomic E-state index is -0.300. The average Bonchev–Trinajstić information content (AvgIpc) is 2.40. The van der Waals surface area contributed by atoms with Crippen LogP contribution in [0, 0.1) is 0 Å². The maximum absolute atomic E-state index is 12.1. The van der Waals surface area contributed by atoms with E-state index in [0.717, 1.165) is 0 Å². The quantitative estimate of drug-likeness (QED) is 0.619. The lowest BCUT2D eigenvalue weighted by molar-refractivity contribution is -0.140. The Labute approximate surface area is 121 Å². The summed E-state index contributed by atoms with van der Waals surface area (Å²) >= 11 is 11.6. The van der Waals surface area contributed by atoms with Crippen LogP contribution in [-0.2, 0) is 9.53 Å². The van der Waals surface area contributed by atoms with Crippen LogP contribution >= 0.6 is 23.2 Å². The van der Waals surface area contributed by atoms with Gasteiger partial charge in [0.05, 0.1) is 17.7 Å². The van der Waals surface area contributed by atoms with Crippen molar-refractivity contribution in [3.8, 4) is 0 Å². The first-order valence-corrected chi connectivity index (χ1v) is 6.34. The number of nitrogens with zero attached hydrogens (tertiary/aromatic N) is 2. The predicted molar refractivity (Wildman–Crippen MR) is 72.5 cm³/mol. The number of hydrogen-bond donors (Lipinski definition) is 0. The molecule has 1 amide bonds. The van der Waals surface area contributed by atoms with Crippen molar-refractivity contribution in [1.82, 2.24) is 9.88 Å². The smallest absolute Gasteiger partial charge is 0.305 e. The summed E-state index contributed by atoms with van der Waals surface area (Å²) in [5, 5.41) is 0.449. The fraction of sp³-hybridized carbons (Fsp3) is 0.417. The Hall–Kier alpha value is -1.33. The third-order valence-electron chi connectivity index (χ3n) is 2.50. The highest BCUT2D eigenvalue weighted by molar-refractivity contribution is 6.35. The number of rotatable bonds is 5. The number of pyridine rings is 1. The summed E-state index contributed by atoms with van der Waals surface area (Å²) in [4.78, 5) is 28.3. The molecule has 1 rings (SSSR count). The Morgan fingerprint density at radius 3 is 2.74 bits per heavy atom. The summed E-state index contributed by atoms with van der Waals surface area (Å²) in [5.74, 6) is -0.565. The van der Waals surface area contributed by atoms with Gasteiger partial charge in [-0.1, -0.05) is 23.2 Å². The molecular weight excluding hydrogens is 291 g/mol. The SMILES string of the molecule is COC(=O)CCCN(C)C(=O)c1cc(Cl)ncc1Cl. The van der Waals surface area contributed by atoms with Gasteiger partial charge in [-0.05, 0) is 12.5 Å². The zero-order valence-corrected chi connectivity index (χ0v) is 12.2. The van der Waals surface area contributed by atoms with E-state index < -0.39 is 0 Å². The summed E-state index contributed by atoms with van der Waals surface area (Å²) in [7, 11) is 2.96. The molecule has 0 aromatic carbocycles. The minimum Gasteiger partial charge on any atom is -0.469 e. The van der Waals surface area contributed by atoms with Gasteiger partial charge in [0, 0.05) is 26.2 Å². The topological polar surface area (TPSA) is 59.5 Å². The van der Waals surface area contributed by atoms with E-state index in [2.05, 4.69) is 9.72 Å². The molecule has 1 heterocycles. The Bertz CT molecular complexity index is 480. The van der Waals surface area contributed by atoms with Crippen molar-refractivity contribution in [3.05, 3.63) is 28.0 Å². The molecule has 0 spiro atoms. The van der Waals surface area contributed by atoms with E-state index in [0.29, 0.717) is 18.5 Å². The van der Waals surface area contributed by atoms with Crippen LogP contribution < -0.4 is 0 Å². The Morgan fingerprint density at radius 1 is 1.42 bits per heavy atom. The molecule has 0 aliphatic heterocycles. The van der Waals surface area contributed by atoms with Crippen LogP contribution in [-0.4, -0.2) is 42.5 Å². The van der Waals surface area contributed by atoms with Crippen molar-refractivity contribution in [2.45, 2.75) is 12.8 Å². The van der Waals surface area contributed by atoms with E-state index in [1.54, 1.807) is 7.05 Å². The van der Waals surface area contributed by atoms with E-state index in [9.17, 15) is 9.59 Å². The lowest BCUT2D eigenvalue weighted by Gasteiger charge is -2.17. The van der Waals surface area contributed by atoms with E-state index in [4.69, 9.17) is 23.2 Å². The molecule has 0 fully saturated rings. The van der Waals surface area contributed by atoms with Crippen molar-refractivity contribution in [2.75, 3.05) is 20.7 Å². The van der Waals surface area contributed by atoms with Crippen molar-refractivity contribution >= 4 is 35.1 Å². The van der Waals surface area contributed by atoms with Crippen LogP contribution in [0.2, 0.25) is 10.2 Å². The number of halogens is 2. The maximum atomic E-state index is 12.1. The molecule has 0 radical (unpaired) electrons. The summed E-state index contributed by atoms with van der Waals surface area (Å²) in [6, 6.07) is 1.42. The second-order valence-corrected chi connectivity index (χ2v) is 4.69. The van der Waals surface area contributed by atoms with Crippen molar-refractivity contribution in [2.24, 2.45) is 0 Å². The molecule has 0 unspecified atom stereocenters. The van der Waals surface area contributed by atoms with Crippen molar-refractivity contribution in [3.63, 3.8) is 0 Å². The normalized spacial score (nSPS) is 10.1. The van der Waals surface area contributed by atoms with E-state index >= 15 is 0 Å². The van der Waals surface area contributed by atoms with Gasteiger partial charge in [0.2, 0.25) is 0 Å². The third kappa shape index (κ3) is 4.69. The fourth-order valence-electron chi connectivity index (χ4n) is 1.45. The minimum absolute atomic E-state index is 0.204. The largest absolute Gasteiger partial charge is 0.469 e. The Balaban J connectivity index is 2.61. The maximum Gasteiger partial charge on any atom is 0.305 e. The second-order valence-electron chi connectivity index (χ2n) is 3.89. The zero-order valence-electron chi connectivity index (χ0n) is 10.7. The molecule has 19 heavy (non-hydrogen) atoms. The lowest BCUT2D eigenvalue weighted by atomic mass is 10.2. The molecule has 0 saturated carbocycles. The number of aromatic nitrogens is 1. The van der Waals surface area contributed by atoms with Gasteiger partial charge in [-0.2, -0.15) is 0 Å². The van der Waals surface area contributed by atoms with Gasteiger partial charge in [0.1, 0.15) is 5.15 Å². The third-order valence-corrected chi connectivity index (χ3v) is 3.01. The molecular formula is C12H14Cl2N2O3. The highest BCUT2D eigenvalue weighted by Gasteiger charge is 2.16. The molecule has 0 atom stereocenters. The molecule has 7 heteroatoms. The van der Waals surface area contributed by atoms with Crippen LogP contribution in [0.5, 0.6) is 0 Å². The molecule has 0 aliphatic rings. The monoisotopic (exact) mass is 304 g/mol. The van der Waals surface area contributed by atoms with E-state index in [-0.39, 0.29) is 28.5 Å². The first-order chi connectivity index (χ1) is 8.95. The molecule has 1 aromatic heterocycles. The van der Waals surface area contributed by atoms with E-state index in [1.807, 2.05) is 0 Å². The summed E-state index contributed by atoms with van der Waals surface area (Å²) < 4.78 is 4.52. The molecule has 0 bridgehead atoms. The number of carbonyl (C=O) groups excluding carboxylic acids is 2. The number of hydrogen-bond acceptors (Lipinski definition) is 4. The van der Waals surface area contributed by atoms with Gasteiger partial charge in [0.15, 0.2) is 0 Å². The Kier molecular flexibility index (Phi) is 6.05.